The van der Waals surface area contributed by atoms with Crippen LogP contribution in [0.3, 0.4) is 0 Å². The van der Waals surface area contributed by atoms with Gasteiger partial charge >= 0.3 is 0 Å². The summed E-state index contributed by atoms with van der Waals surface area (Å²) in [6.07, 6.45) is 1.46. The largest absolute Gasteiger partial charge is 0.298 e. The van der Waals surface area contributed by atoms with Gasteiger partial charge in [-0.3, -0.25) is 4.79 Å². The van der Waals surface area contributed by atoms with Crippen LogP contribution in [0.4, 0.5) is 0 Å². The molecule has 88 valence electrons. The second-order valence-electron chi connectivity index (χ2n) is 4.56. The van der Waals surface area contributed by atoms with Crippen molar-refractivity contribution in [3.05, 3.63) is 0 Å². The van der Waals surface area contributed by atoms with Crippen LogP contribution in [0.5, 0.6) is 0 Å². The highest BCUT2D eigenvalue weighted by molar-refractivity contribution is 7.90. The minimum Gasteiger partial charge on any atom is -0.298 e. The SMILES string of the molecule is CC(=O)C(C(C)C)N(C)S(=O)(=O)C1CC1. The van der Waals surface area contributed by atoms with Gasteiger partial charge < -0.3 is 0 Å². The van der Waals surface area contributed by atoms with Crippen LogP contribution in [0, 0.1) is 5.92 Å². The molecular weight excluding hydrogens is 214 g/mol. The molecule has 1 aliphatic rings. The van der Waals surface area contributed by atoms with Gasteiger partial charge in [0.25, 0.3) is 0 Å². The Balaban J connectivity index is 2.89. The molecule has 1 saturated carbocycles. The van der Waals surface area contributed by atoms with Crippen molar-refractivity contribution in [2.75, 3.05) is 7.05 Å². The molecule has 0 aromatic rings. The van der Waals surface area contributed by atoms with Crippen LogP contribution in [0.1, 0.15) is 33.6 Å². The Labute approximate surface area is 91.7 Å². The van der Waals surface area contributed by atoms with Crippen LogP contribution < -0.4 is 0 Å². The average molecular weight is 233 g/mol. The van der Waals surface area contributed by atoms with Crippen LogP contribution in [0.15, 0.2) is 0 Å². The summed E-state index contributed by atoms with van der Waals surface area (Å²) in [5.41, 5.74) is 0. The van der Waals surface area contributed by atoms with Crippen molar-refractivity contribution >= 4 is 15.8 Å². The molecule has 0 radical (unpaired) electrons. The number of hydrogen-bond acceptors (Lipinski definition) is 3. The zero-order valence-electron chi connectivity index (χ0n) is 9.73. The summed E-state index contributed by atoms with van der Waals surface area (Å²) in [7, 11) is -1.73. The average Bonchev–Trinajstić information content (AvgIpc) is 2.83. The van der Waals surface area contributed by atoms with Crippen LogP contribution in [0.2, 0.25) is 0 Å². The highest BCUT2D eigenvalue weighted by Gasteiger charge is 2.42. The molecule has 1 atom stereocenters. The molecule has 15 heavy (non-hydrogen) atoms. The molecule has 0 aromatic heterocycles. The first-order valence-electron chi connectivity index (χ1n) is 5.25. The van der Waals surface area contributed by atoms with E-state index in [0.717, 1.165) is 12.8 Å². The third kappa shape index (κ3) is 2.58. The number of rotatable bonds is 5. The monoisotopic (exact) mass is 233 g/mol. The van der Waals surface area contributed by atoms with E-state index in [2.05, 4.69) is 0 Å². The van der Waals surface area contributed by atoms with E-state index in [-0.39, 0.29) is 17.0 Å². The highest BCUT2D eigenvalue weighted by atomic mass is 32.2. The summed E-state index contributed by atoms with van der Waals surface area (Å²) in [5.74, 6) is -0.0715. The number of carbonyl (C=O) groups excluding carboxylic acids is 1. The molecular formula is C10H19NO3S. The van der Waals surface area contributed by atoms with Crippen LogP contribution in [-0.2, 0) is 14.8 Å². The lowest BCUT2D eigenvalue weighted by Gasteiger charge is -2.28. The van der Waals surface area contributed by atoms with E-state index in [0.29, 0.717) is 0 Å². The maximum atomic E-state index is 11.9. The lowest BCUT2D eigenvalue weighted by molar-refractivity contribution is -0.121. The molecule has 0 bridgehead atoms. The van der Waals surface area contributed by atoms with Gasteiger partial charge in [0, 0.05) is 7.05 Å². The van der Waals surface area contributed by atoms with Crippen LogP contribution >= 0.6 is 0 Å². The second-order valence-corrected chi connectivity index (χ2v) is 6.83. The van der Waals surface area contributed by atoms with Gasteiger partial charge in [0.2, 0.25) is 10.0 Å². The lowest BCUT2D eigenvalue weighted by atomic mass is 10.0. The van der Waals surface area contributed by atoms with Gasteiger partial charge in [-0.1, -0.05) is 13.8 Å². The van der Waals surface area contributed by atoms with Crippen LogP contribution in [0.25, 0.3) is 0 Å². The zero-order valence-corrected chi connectivity index (χ0v) is 10.5. The fraction of sp³-hybridized carbons (Fsp3) is 0.900. The maximum Gasteiger partial charge on any atom is 0.217 e. The van der Waals surface area contributed by atoms with Crippen molar-refractivity contribution in [3.63, 3.8) is 0 Å². The minimum atomic E-state index is -3.24. The van der Waals surface area contributed by atoms with E-state index in [4.69, 9.17) is 0 Å². The van der Waals surface area contributed by atoms with E-state index < -0.39 is 16.1 Å². The molecule has 1 unspecified atom stereocenters. The normalized spacial score (nSPS) is 19.6. The van der Waals surface area contributed by atoms with Gasteiger partial charge in [0.15, 0.2) is 0 Å². The Morgan fingerprint density at radius 3 is 2.07 bits per heavy atom. The Hall–Kier alpha value is -0.420. The predicted octanol–water partition coefficient (Wildman–Crippen LogP) is 1.02. The molecule has 0 saturated heterocycles. The fourth-order valence-corrected chi connectivity index (χ4v) is 3.82. The smallest absolute Gasteiger partial charge is 0.217 e. The first kappa shape index (κ1) is 12.6. The molecule has 1 fully saturated rings. The van der Waals surface area contributed by atoms with E-state index in [1.807, 2.05) is 13.8 Å². The lowest BCUT2D eigenvalue weighted by Crippen LogP contribution is -2.46. The Morgan fingerprint density at radius 1 is 1.33 bits per heavy atom. The van der Waals surface area contributed by atoms with E-state index in [1.54, 1.807) is 0 Å². The van der Waals surface area contributed by atoms with Crippen LogP contribution in [-0.4, -0.2) is 36.8 Å². The number of ketones is 1. The molecule has 0 spiro atoms. The first-order chi connectivity index (χ1) is 6.78. The van der Waals surface area contributed by atoms with Crippen molar-refractivity contribution in [1.82, 2.24) is 4.31 Å². The van der Waals surface area contributed by atoms with E-state index in [1.165, 1.54) is 18.3 Å². The molecule has 0 aliphatic heterocycles. The maximum absolute atomic E-state index is 11.9. The number of likely N-dealkylation sites (N-methyl/N-ethyl adjacent to an activating group) is 1. The van der Waals surface area contributed by atoms with Crippen molar-refractivity contribution in [2.45, 2.75) is 44.9 Å². The number of carbonyl (C=O) groups is 1. The first-order valence-corrected chi connectivity index (χ1v) is 6.76. The van der Waals surface area contributed by atoms with Gasteiger partial charge in [-0.2, -0.15) is 4.31 Å². The Bertz CT molecular complexity index is 344. The van der Waals surface area contributed by atoms with Crippen molar-refractivity contribution in [3.8, 4) is 0 Å². The van der Waals surface area contributed by atoms with Gasteiger partial charge in [0.05, 0.1) is 11.3 Å². The number of hydrogen-bond donors (Lipinski definition) is 0. The molecule has 0 heterocycles. The predicted molar refractivity (Wildman–Crippen MR) is 59.0 cm³/mol. The molecule has 4 nitrogen and oxygen atoms in total. The third-order valence-corrected chi connectivity index (χ3v) is 5.13. The molecule has 1 aliphatic carbocycles. The minimum absolute atomic E-state index is 0.0148. The van der Waals surface area contributed by atoms with Gasteiger partial charge in [-0.05, 0) is 25.7 Å². The zero-order chi connectivity index (χ0) is 11.8. The van der Waals surface area contributed by atoms with E-state index >= 15 is 0 Å². The molecule has 0 N–H and O–H groups in total. The summed E-state index contributed by atoms with van der Waals surface area (Å²) in [6.45, 7) is 5.18. The summed E-state index contributed by atoms with van der Waals surface area (Å²) in [4.78, 5) is 11.4. The Morgan fingerprint density at radius 2 is 1.80 bits per heavy atom. The topological polar surface area (TPSA) is 54.5 Å². The molecule has 0 amide bonds. The summed E-state index contributed by atoms with van der Waals surface area (Å²) < 4.78 is 25.1. The van der Waals surface area contributed by atoms with Gasteiger partial charge in [-0.15, -0.1) is 0 Å². The van der Waals surface area contributed by atoms with Crippen molar-refractivity contribution in [2.24, 2.45) is 5.92 Å². The van der Waals surface area contributed by atoms with E-state index in [9.17, 15) is 13.2 Å². The van der Waals surface area contributed by atoms with Gasteiger partial charge in [0.1, 0.15) is 5.78 Å². The molecule has 1 rings (SSSR count). The van der Waals surface area contributed by atoms with Gasteiger partial charge in [-0.25, -0.2) is 8.42 Å². The van der Waals surface area contributed by atoms with Crippen molar-refractivity contribution in [1.29, 1.82) is 0 Å². The third-order valence-electron chi connectivity index (χ3n) is 2.79. The van der Waals surface area contributed by atoms with Crippen molar-refractivity contribution < 1.29 is 13.2 Å². The standard InChI is InChI=1S/C10H19NO3S/c1-7(2)10(8(3)12)11(4)15(13,14)9-5-6-9/h7,9-10H,5-6H2,1-4H3. The highest BCUT2D eigenvalue weighted by Crippen LogP contribution is 2.32. The number of nitrogens with zero attached hydrogens (tertiary/aromatic N) is 1. The summed E-state index contributed by atoms with van der Waals surface area (Å²) >= 11 is 0. The number of Topliss-reactive ketones (excluding diaryl/α,β-unsaturated/α-hetero) is 1. The Kier molecular flexibility index (Phi) is 3.55. The number of sulfonamides is 1. The molecule has 0 aromatic carbocycles. The fourth-order valence-electron chi connectivity index (χ4n) is 1.90. The summed E-state index contributed by atoms with van der Waals surface area (Å²) in [6, 6.07) is -0.518. The summed E-state index contributed by atoms with van der Waals surface area (Å²) in [5, 5.41) is -0.247. The molecule has 5 heteroatoms. The second kappa shape index (κ2) is 4.22. The quantitative estimate of drug-likeness (QED) is 0.712.